The Morgan fingerprint density at radius 1 is 1.58 bits per heavy atom. The first-order valence-corrected chi connectivity index (χ1v) is 4.53. The van der Waals surface area contributed by atoms with Crippen molar-refractivity contribution in [1.82, 2.24) is 4.57 Å². The van der Waals surface area contributed by atoms with Gasteiger partial charge in [0.1, 0.15) is 0 Å². The van der Waals surface area contributed by atoms with Crippen LogP contribution in [0.1, 0.15) is 0 Å². The summed E-state index contributed by atoms with van der Waals surface area (Å²) in [7, 11) is 3.84. The van der Waals surface area contributed by atoms with E-state index in [0.717, 1.165) is 4.80 Å². The van der Waals surface area contributed by atoms with Gasteiger partial charge in [0, 0.05) is 14.1 Å². The predicted octanol–water partition coefficient (Wildman–Crippen LogP) is 1.57. The van der Waals surface area contributed by atoms with E-state index in [1.54, 1.807) is 11.3 Å². The average Bonchev–Trinajstić information content (AvgIpc) is 2.44. The Morgan fingerprint density at radius 3 is 3.08 bits per heavy atom. The molecule has 0 fully saturated rings. The first-order chi connectivity index (χ1) is 5.83. The summed E-state index contributed by atoms with van der Waals surface area (Å²) in [6.45, 7) is 0. The Kier molecular flexibility index (Phi) is 1.73. The molecular weight excluding hydrogens is 168 g/mol. The minimum atomic E-state index is 1.05. The molecule has 1 aromatic heterocycles. The van der Waals surface area contributed by atoms with Crippen LogP contribution in [-0.2, 0) is 7.05 Å². The van der Waals surface area contributed by atoms with Crippen LogP contribution in [0, 0.1) is 6.07 Å². The van der Waals surface area contributed by atoms with Crippen molar-refractivity contribution in [3.05, 3.63) is 29.1 Å². The van der Waals surface area contributed by atoms with Gasteiger partial charge in [-0.3, -0.25) is 4.99 Å². The largest absolute Gasteiger partial charge is 0.320 e. The van der Waals surface area contributed by atoms with Gasteiger partial charge < -0.3 is 4.57 Å². The van der Waals surface area contributed by atoms with Gasteiger partial charge in [0.25, 0.3) is 0 Å². The summed E-state index contributed by atoms with van der Waals surface area (Å²) in [5.41, 5.74) is 1.22. The summed E-state index contributed by atoms with van der Waals surface area (Å²) in [4.78, 5) is 5.22. The first-order valence-electron chi connectivity index (χ1n) is 3.71. The molecule has 0 saturated carbocycles. The molecule has 0 N–H and O–H groups in total. The van der Waals surface area contributed by atoms with Crippen LogP contribution < -0.4 is 4.80 Å². The molecule has 12 heavy (non-hydrogen) atoms. The van der Waals surface area contributed by atoms with Gasteiger partial charge in [-0.1, -0.05) is 17.4 Å². The van der Waals surface area contributed by atoms with Crippen molar-refractivity contribution in [2.75, 3.05) is 7.05 Å². The van der Waals surface area contributed by atoms with Crippen molar-refractivity contribution in [2.24, 2.45) is 12.0 Å². The number of thiazole rings is 1. The normalized spacial score (nSPS) is 12.7. The lowest BCUT2D eigenvalue weighted by Crippen LogP contribution is -2.08. The molecule has 1 aromatic carbocycles. The van der Waals surface area contributed by atoms with Crippen LogP contribution in [0.2, 0.25) is 0 Å². The van der Waals surface area contributed by atoms with Gasteiger partial charge in [-0.15, -0.1) is 0 Å². The van der Waals surface area contributed by atoms with E-state index in [1.165, 1.54) is 10.2 Å². The summed E-state index contributed by atoms with van der Waals surface area (Å²) in [6, 6.07) is 9.03. The number of nitrogens with zero attached hydrogens (tertiary/aromatic N) is 2. The Hall–Kier alpha value is -1.09. The topological polar surface area (TPSA) is 17.3 Å². The van der Waals surface area contributed by atoms with Gasteiger partial charge in [0.2, 0.25) is 0 Å². The smallest absolute Gasteiger partial charge is 0.185 e. The minimum Gasteiger partial charge on any atom is -0.320 e. The van der Waals surface area contributed by atoms with Crippen LogP contribution in [-0.4, -0.2) is 11.6 Å². The summed E-state index contributed by atoms with van der Waals surface area (Å²) >= 11 is 1.69. The molecule has 1 heterocycles. The van der Waals surface area contributed by atoms with Crippen LogP contribution in [0.25, 0.3) is 10.2 Å². The molecule has 0 atom stereocenters. The van der Waals surface area contributed by atoms with E-state index in [9.17, 15) is 0 Å². The fraction of sp³-hybridized carbons (Fsp3) is 0.222. The first kappa shape index (κ1) is 7.55. The zero-order valence-electron chi connectivity index (χ0n) is 7.03. The molecule has 0 amide bonds. The molecule has 61 valence electrons. The molecule has 0 aliphatic rings. The fourth-order valence-corrected chi connectivity index (χ4v) is 2.19. The SMILES string of the molecule is C/N=c1/sc2c[c]ccc2n1C. The van der Waals surface area contributed by atoms with E-state index in [4.69, 9.17) is 0 Å². The number of aromatic nitrogens is 1. The molecule has 2 rings (SSSR count). The van der Waals surface area contributed by atoms with E-state index in [2.05, 4.69) is 21.7 Å². The lowest BCUT2D eigenvalue weighted by molar-refractivity contribution is 0.904. The molecule has 0 saturated heterocycles. The number of hydrogen-bond acceptors (Lipinski definition) is 2. The quantitative estimate of drug-likeness (QED) is 0.581. The highest BCUT2D eigenvalue weighted by Gasteiger charge is 1.98. The summed E-state index contributed by atoms with van der Waals surface area (Å²) < 4.78 is 3.33. The minimum absolute atomic E-state index is 1.05. The standard InChI is InChI=1S/C9H9N2S/c1-10-9-11(2)7-5-3-4-6-8(7)12-9/h3,5-6H,1-2H3/b10-9+. The molecule has 0 unspecified atom stereocenters. The highest BCUT2D eigenvalue weighted by Crippen LogP contribution is 2.14. The summed E-state index contributed by atoms with van der Waals surface area (Å²) in [5, 5.41) is 0. The van der Waals surface area contributed by atoms with Crippen LogP contribution in [0.4, 0.5) is 0 Å². The van der Waals surface area contributed by atoms with E-state index in [0.29, 0.717) is 0 Å². The number of benzene rings is 1. The Balaban J connectivity index is 2.98. The maximum Gasteiger partial charge on any atom is 0.185 e. The van der Waals surface area contributed by atoms with Crippen LogP contribution in [0.5, 0.6) is 0 Å². The van der Waals surface area contributed by atoms with Gasteiger partial charge in [0.05, 0.1) is 10.2 Å². The molecule has 2 aromatic rings. The van der Waals surface area contributed by atoms with Gasteiger partial charge in [-0.2, -0.15) is 0 Å². The van der Waals surface area contributed by atoms with Crippen molar-refractivity contribution in [1.29, 1.82) is 0 Å². The third kappa shape index (κ3) is 0.975. The second-order valence-electron chi connectivity index (χ2n) is 2.56. The highest BCUT2D eigenvalue weighted by atomic mass is 32.1. The van der Waals surface area contributed by atoms with Crippen LogP contribution in [0.3, 0.4) is 0 Å². The summed E-state index contributed by atoms with van der Waals surface area (Å²) in [6.07, 6.45) is 0. The monoisotopic (exact) mass is 177 g/mol. The highest BCUT2D eigenvalue weighted by molar-refractivity contribution is 7.16. The summed E-state index contributed by atoms with van der Waals surface area (Å²) in [5.74, 6) is 0. The number of rotatable bonds is 0. The van der Waals surface area contributed by atoms with E-state index in [-0.39, 0.29) is 0 Å². The number of fused-ring (bicyclic) bond motifs is 1. The zero-order valence-corrected chi connectivity index (χ0v) is 7.85. The Labute approximate surface area is 74.8 Å². The molecular formula is C9H9N2S. The van der Waals surface area contributed by atoms with Gasteiger partial charge in [-0.25, -0.2) is 0 Å². The molecule has 3 heteroatoms. The van der Waals surface area contributed by atoms with E-state index in [1.807, 2.05) is 26.2 Å². The fourth-order valence-electron chi connectivity index (χ4n) is 1.23. The maximum absolute atomic E-state index is 4.17. The maximum atomic E-state index is 4.17. The van der Waals surface area contributed by atoms with Gasteiger partial charge in [-0.05, 0) is 18.2 Å². The van der Waals surface area contributed by atoms with Crippen molar-refractivity contribution in [3.63, 3.8) is 0 Å². The van der Waals surface area contributed by atoms with Crippen LogP contribution in [0.15, 0.2) is 23.2 Å². The molecule has 1 radical (unpaired) electrons. The molecule has 0 aliphatic carbocycles. The van der Waals surface area contributed by atoms with Crippen molar-refractivity contribution >= 4 is 21.6 Å². The Bertz CT molecular complexity index is 465. The van der Waals surface area contributed by atoms with Gasteiger partial charge >= 0.3 is 0 Å². The lowest BCUT2D eigenvalue weighted by Gasteiger charge is -1.91. The van der Waals surface area contributed by atoms with Crippen molar-refractivity contribution < 1.29 is 0 Å². The molecule has 0 bridgehead atoms. The van der Waals surface area contributed by atoms with Crippen molar-refractivity contribution in [2.45, 2.75) is 0 Å². The molecule has 0 spiro atoms. The molecule has 0 aliphatic heterocycles. The predicted molar refractivity (Wildman–Crippen MR) is 51.1 cm³/mol. The average molecular weight is 177 g/mol. The second kappa shape index (κ2) is 2.75. The molecule has 2 nitrogen and oxygen atoms in total. The zero-order chi connectivity index (χ0) is 8.55. The Morgan fingerprint density at radius 2 is 2.42 bits per heavy atom. The van der Waals surface area contributed by atoms with Crippen LogP contribution >= 0.6 is 11.3 Å². The number of aryl methyl sites for hydroxylation is 1. The lowest BCUT2D eigenvalue weighted by atomic mass is 10.3. The number of hydrogen-bond donors (Lipinski definition) is 0. The van der Waals surface area contributed by atoms with Crippen molar-refractivity contribution in [3.8, 4) is 0 Å². The van der Waals surface area contributed by atoms with E-state index >= 15 is 0 Å². The van der Waals surface area contributed by atoms with Gasteiger partial charge in [0.15, 0.2) is 4.80 Å². The third-order valence-electron chi connectivity index (χ3n) is 1.85. The van der Waals surface area contributed by atoms with E-state index < -0.39 is 0 Å². The second-order valence-corrected chi connectivity index (χ2v) is 3.57. The third-order valence-corrected chi connectivity index (χ3v) is 3.03.